The minimum absolute atomic E-state index is 0.121. The van der Waals surface area contributed by atoms with Crippen LogP contribution in [0.2, 0.25) is 0 Å². The smallest absolute Gasteiger partial charge is 0.108 e. The summed E-state index contributed by atoms with van der Waals surface area (Å²) in [5.41, 5.74) is 1.26. The Morgan fingerprint density at radius 2 is 1.77 bits per heavy atom. The van der Waals surface area contributed by atoms with Crippen LogP contribution in [0.1, 0.15) is 13.3 Å². The van der Waals surface area contributed by atoms with Crippen molar-refractivity contribution < 1.29 is 15.3 Å². The van der Waals surface area contributed by atoms with E-state index in [4.69, 9.17) is 0 Å². The Bertz CT molecular complexity index is 484. The first-order valence-electron chi connectivity index (χ1n) is 8.14. The fourth-order valence-electron chi connectivity index (χ4n) is 3.67. The van der Waals surface area contributed by atoms with E-state index in [9.17, 15) is 15.3 Å². The Labute approximate surface area is 131 Å². The number of piperidine rings is 1. The second-order valence-corrected chi connectivity index (χ2v) is 6.68. The number of aliphatic hydroxyl groups excluding tert-OH is 3. The number of hydrogen-bond donors (Lipinski definition) is 3. The molecule has 2 fully saturated rings. The lowest BCUT2D eigenvalue weighted by atomic mass is 9.93. The van der Waals surface area contributed by atoms with Gasteiger partial charge in [0.05, 0.1) is 12.2 Å². The Balaban J connectivity index is 1.58. The average molecular weight is 306 g/mol. The lowest BCUT2D eigenvalue weighted by Gasteiger charge is -2.43. The quantitative estimate of drug-likeness (QED) is 0.749. The summed E-state index contributed by atoms with van der Waals surface area (Å²) < 4.78 is 0. The fraction of sp³-hybridized carbons (Fsp3) is 0.647. The van der Waals surface area contributed by atoms with Crippen LogP contribution in [0.4, 0.5) is 5.69 Å². The van der Waals surface area contributed by atoms with Crippen molar-refractivity contribution in [1.29, 1.82) is 0 Å². The van der Waals surface area contributed by atoms with Crippen molar-refractivity contribution in [3.63, 3.8) is 0 Å². The molecule has 0 bridgehead atoms. The molecule has 1 aromatic carbocycles. The van der Waals surface area contributed by atoms with E-state index in [1.54, 1.807) is 0 Å². The third-order valence-electron chi connectivity index (χ3n) is 5.14. The standard InChI is InChI=1S/C17H26N2O3/c1-12-16(21)17(22)15(20)11-19(12)10-13-7-8-18(9-13)14-5-3-2-4-6-14/h2-6,12-13,15-17,20-22H,7-11H2,1H3/t12-,13+,15+,16-,17-/m1/s1. The first-order valence-corrected chi connectivity index (χ1v) is 8.14. The molecule has 3 rings (SSSR count). The second-order valence-electron chi connectivity index (χ2n) is 6.68. The molecule has 2 heterocycles. The van der Waals surface area contributed by atoms with Gasteiger partial charge < -0.3 is 20.2 Å². The predicted octanol–water partition coefficient (Wildman–Crippen LogP) is 0.300. The summed E-state index contributed by atoms with van der Waals surface area (Å²) in [6, 6.07) is 10.3. The van der Waals surface area contributed by atoms with Gasteiger partial charge in [-0.05, 0) is 31.4 Å². The molecule has 3 N–H and O–H groups in total. The molecule has 0 amide bonds. The summed E-state index contributed by atoms with van der Waals surface area (Å²) in [5, 5.41) is 29.7. The number of benzene rings is 1. The van der Waals surface area contributed by atoms with Gasteiger partial charge in [0.2, 0.25) is 0 Å². The third kappa shape index (κ3) is 3.13. The van der Waals surface area contributed by atoms with Gasteiger partial charge in [-0.15, -0.1) is 0 Å². The molecule has 0 aliphatic carbocycles. The second kappa shape index (κ2) is 6.54. The van der Waals surface area contributed by atoms with Crippen molar-refractivity contribution in [3.05, 3.63) is 30.3 Å². The molecular weight excluding hydrogens is 280 g/mol. The molecule has 0 unspecified atom stereocenters. The normalized spacial score (nSPS) is 36.7. The van der Waals surface area contributed by atoms with Crippen molar-refractivity contribution in [1.82, 2.24) is 4.90 Å². The van der Waals surface area contributed by atoms with E-state index >= 15 is 0 Å². The number of nitrogens with zero attached hydrogens (tertiary/aromatic N) is 2. The number of β-amino-alcohol motifs (C(OH)–C–C–N with tert-alkyl or cyclic N) is 1. The first kappa shape index (κ1) is 15.7. The largest absolute Gasteiger partial charge is 0.389 e. The van der Waals surface area contributed by atoms with Crippen LogP contribution in [0.15, 0.2) is 30.3 Å². The zero-order chi connectivity index (χ0) is 15.7. The highest BCUT2D eigenvalue weighted by Crippen LogP contribution is 2.26. The topological polar surface area (TPSA) is 67.2 Å². The lowest BCUT2D eigenvalue weighted by molar-refractivity contribution is -0.134. The zero-order valence-electron chi connectivity index (χ0n) is 13.0. The summed E-state index contributed by atoms with van der Waals surface area (Å²) in [6.45, 7) is 5.25. The van der Waals surface area contributed by atoms with Crippen LogP contribution in [0.3, 0.4) is 0 Å². The Morgan fingerprint density at radius 3 is 2.50 bits per heavy atom. The van der Waals surface area contributed by atoms with E-state index in [2.05, 4.69) is 34.1 Å². The number of rotatable bonds is 3. The van der Waals surface area contributed by atoms with Gasteiger partial charge in [-0.3, -0.25) is 4.90 Å². The maximum atomic E-state index is 10.0. The molecule has 22 heavy (non-hydrogen) atoms. The minimum atomic E-state index is -1.03. The summed E-state index contributed by atoms with van der Waals surface area (Å²) >= 11 is 0. The van der Waals surface area contributed by atoms with E-state index in [1.807, 2.05) is 13.0 Å². The molecule has 1 aromatic rings. The van der Waals surface area contributed by atoms with Crippen molar-refractivity contribution in [2.45, 2.75) is 37.7 Å². The van der Waals surface area contributed by atoms with Gasteiger partial charge >= 0.3 is 0 Å². The summed E-state index contributed by atoms with van der Waals surface area (Å²) in [5.74, 6) is 0.525. The Hall–Kier alpha value is -1.14. The monoisotopic (exact) mass is 306 g/mol. The molecule has 5 heteroatoms. The van der Waals surface area contributed by atoms with E-state index in [0.717, 1.165) is 26.1 Å². The van der Waals surface area contributed by atoms with Crippen LogP contribution < -0.4 is 4.90 Å². The molecule has 5 nitrogen and oxygen atoms in total. The maximum Gasteiger partial charge on any atom is 0.108 e. The van der Waals surface area contributed by atoms with Gasteiger partial charge in [-0.25, -0.2) is 0 Å². The van der Waals surface area contributed by atoms with E-state index in [-0.39, 0.29) is 6.04 Å². The molecule has 122 valence electrons. The number of aliphatic hydroxyl groups is 3. The summed E-state index contributed by atoms with van der Waals surface area (Å²) in [7, 11) is 0. The van der Waals surface area contributed by atoms with E-state index < -0.39 is 18.3 Å². The third-order valence-corrected chi connectivity index (χ3v) is 5.14. The zero-order valence-corrected chi connectivity index (χ0v) is 13.0. The van der Waals surface area contributed by atoms with Crippen LogP contribution in [-0.4, -0.2) is 70.8 Å². The highest BCUT2D eigenvalue weighted by Gasteiger charge is 2.40. The van der Waals surface area contributed by atoms with Crippen molar-refractivity contribution in [3.8, 4) is 0 Å². The Morgan fingerprint density at radius 1 is 1.05 bits per heavy atom. The first-order chi connectivity index (χ1) is 10.6. The number of hydrogen-bond acceptors (Lipinski definition) is 5. The van der Waals surface area contributed by atoms with Gasteiger partial charge in [-0.2, -0.15) is 0 Å². The van der Waals surface area contributed by atoms with Crippen LogP contribution >= 0.6 is 0 Å². The molecule has 0 aromatic heterocycles. The van der Waals surface area contributed by atoms with E-state index in [0.29, 0.717) is 12.5 Å². The van der Waals surface area contributed by atoms with Gasteiger partial charge in [0.1, 0.15) is 6.10 Å². The van der Waals surface area contributed by atoms with Crippen LogP contribution in [0, 0.1) is 5.92 Å². The van der Waals surface area contributed by atoms with Crippen molar-refractivity contribution in [2.75, 3.05) is 31.1 Å². The van der Waals surface area contributed by atoms with Crippen LogP contribution in [-0.2, 0) is 0 Å². The van der Waals surface area contributed by atoms with Gasteiger partial charge in [0.15, 0.2) is 0 Å². The molecule has 2 aliphatic rings. The Kier molecular flexibility index (Phi) is 4.68. The molecule has 0 radical (unpaired) electrons. The van der Waals surface area contributed by atoms with Gasteiger partial charge in [0.25, 0.3) is 0 Å². The highest BCUT2D eigenvalue weighted by molar-refractivity contribution is 5.46. The minimum Gasteiger partial charge on any atom is -0.389 e. The summed E-state index contributed by atoms with van der Waals surface area (Å²) in [4.78, 5) is 4.50. The molecular formula is C17H26N2O3. The van der Waals surface area contributed by atoms with E-state index in [1.165, 1.54) is 5.69 Å². The highest BCUT2D eigenvalue weighted by atomic mass is 16.4. The maximum absolute atomic E-state index is 10.0. The lowest BCUT2D eigenvalue weighted by Crippen LogP contribution is -2.60. The molecule has 2 aliphatic heterocycles. The number of para-hydroxylation sites is 1. The molecule has 0 saturated carbocycles. The molecule has 5 atom stereocenters. The average Bonchev–Trinajstić information content (AvgIpc) is 3.00. The number of anilines is 1. The molecule has 2 saturated heterocycles. The predicted molar refractivity (Wildman–Crippen MR) is 85.8 cm³/mol. The fourth-order valence-corrected chi connectivity index (χ4v) is 3.67. The SMILES string of the molecule is C[C@@H]1[C@@H](O)[C@H](O)[C@@H](O)CN1C[C@H]1CCN(c2ccccc2)C1. The van der Waals surface area contributed by atoms with Crippen LogP contribution in [0.5, 0.6) is 0 Å². The van der Waals surface area contributed by atoms with Gasteiger partial charge in [0, 0.05) is 37.9 Å². The van der Waals surface area contributed by atoms with Crippen LogP contribution in [0.25, 0.3) is 0 Å². The summed E-state index contributed by atoms with van der Waals surface area (Å²) in [6.07, 6.45) is -1.66. The van der Waals surface area contributed by atoms with Crippen molar-refractivity contribution >= 4 is 5.69 Å². The van der Waals surface area contributed by atoms with Gasteiger partial charge in [-0.1, -0.05) is 18.2 Å². The van der Waals surface area contributed by atoms with Crippen molar-refractivity contribution in [2.24, 2.45) is 5.92 Å². The number of likely N-dealkylation sites (tertiary alicyclic amines) is 1. The molecule has 0 spiro atoms.